The molecule has 0 bridgehead atoms. The second-order valence-electron chi connectivity index (χ2n) is 4.91. The minimum atomic E-state index is -0.878. The van der Waals surface area contributed by atoms with Crippen molar-refractivity contribution in [1.29, 1.82) is 0 Å². The maximum Gasteiger partial charge on any atom is 0.277 e. The Morgan fingerprint density at radius 3 is 2.61 bits per heavy atom. The molecule has 0 fully saturated rings. The number of hydrogen-bond donors (Lipinski definition) is 1. The van der Waals surface area contributed by atoms with Gasteiger partial charge in [0.15, 0.2) is 0 Å². The molecule has 1 aromatic rings. The number of anilines is 1. The summed E-state index contributed by atoms with van der Waals surface area (Å²) >= 11 is 0. The van der Waals surface area contributed by atoms with Crippen LogP contribution in [-0.2, 0) is 0 Å². The third-order valence-corrected chi connectivity index (χ3v) is 2.54. The first kappa shape index (κ1) is 14.4. The van der Waals surface area contributed by atoms with E-state index < -0.39 is 10.5 Å². The van der Waals surface area contributed by atoms with Crippen molar-refractivity contribution in [2.75, 3.05) is 18.0 Å². The van der Waals surface area contributed by atoms with Crippen LogP contribution in [0.15, 0.2) is 12.3 Å². The van der Waals surface area contributed by atoms with E-state index in [1.54, 1.807) is 20.8 Å². The van der Waals surface area contributed by atoms with Crippen molar-refractivity contribution in [2.24, 2.45) is 0 Å². The summed E-state index contributed by atoms with van der Waals surface area (Å²) in [5.74, 6) is 0.511. The summed E-state index contributed by atoms with van der Waals surface area (Å²) in [7, 11) is 0. The molecule has 0 atom stereocenters. The van der Waals surface area contributed by atoms with Crippen molar-refractivity contribution < 1.29 is 10.0 Å². The number of nitro groups is 1. The van der Waals surface area contributed by atoms with Gasteiger partial charge in [-0.1, -0.05) is 0 Å². The molecule has 18 heavy (non-hydrogen) atoms. The topological polar surface area (TPSA) is 79.5 Å². The maximum atomic E-state index is 10.9. The van der Waals surface area contributed by atoms with Gasteiger partial charge in [0.2, 0.25) is 0 Å². The lowest BCUT2D eigenvalue weighted by atomic mass is 10.1. The lowest BCUT2D eigenvalue weighted by molar-refractivity contribution is -0.385. The summed E-state index contributed by atoms with van der Waals surface area (Å²) in [6, 6.07) is 1.45. The number of aryl methyl sites for hydroxylation is 1. The number of nitrogens with zero attached hydrogens (tertiary/aromatic N) is 3. The average Bonchev–Trinajstić information content (AvgIpc) is 2.25. The number of hydrogen-bond acceptors (Lipinski definition) is 5. The minimum Gasteiger partial charge on any atom is -0.389 e. The Labute approximate surface area is 106 Å². The predicted octanol–water partition coefficient (Wildman–Crippen LogP) is 1.90. The van der Waals surface area contributed by atoms with E-state index in [2.05, 4.69) is 4.98 Å². The van der Waals surface area contributed by atoms with Crippen LogP contribution < -0.4 is 4.90 Å². The SMILES string of the molecule is CCN(CC(C)(C)O)c1cc([N+](=O)[O-])c(C)cn1. The van der Waals surface area contributed by atoms with E-state index in [0.29, 0.717) is 24.5 Å². The van der Waals surface area contributed by atoms with E-state index in [-0.39, 0.29) is 5.69 Å². The van der Waals surface area contributed by atoms with Crippen LogP contribution in [-0.4, -0.2) is 33.7 Å². The average molecular weight is 253 g/mol. The van der Waals surface area contributed by atoms with E-state index in [1.165, 1.54) is 12.3 Å². The molecule has 0 aliphatic carbocycles. The van der Waals surface area contributed by atoms with Gasteiger partial charge in [0, 0.05) is 24.8 Å². The summed E-state index contributed by atoms with van der Waals surface area (Å²) in [6.07, 6.45) is 1.49. The molecule has 0 unspecified atom stereocenters. The highest BCUT2D eigenvalue weighted by atomic mass is 16.6. The third-order valence-electron chi connectivity index (χ3n) is 2.54. The van der Waals surface area contributed by atoms with Gasteiger partial charge in [0.05, 0.1) is 16.6 Å². The van der Waals surface area contributed by atoms with Crippen LogP contribution in [0.25, 0.3) is 0 Å². The highest BCUT2D eigenvalue weighted by molar-refractivity contribution is 5.50. The Balaban J connectivity index is 3.07. The van der Waals surface area contributed by atoms with Crippen molar-refractivity contribution in [3.05, 3.63) is 27.9 Å². The molecule has 0 aliphatic heterocycles. The molecule has 0 radical (unpaired) electrons. The molecule has 1 heterocycles. The van der Waals surface area contributed by atoms with Gasteiger partial charge in [-0.25, -0.2) is 4.98 Å². The van der Waals surface area contributed by atoms with Crippen molar-refractivity contribution in [3.8, 4) is 0 Å². The fraction of sp³-hybridized carbons (Fsp3) is 0.583. The second-order valence-corrected chi connectivity index (χ2v) is 4.91. The minimum absolute atomic E-state index is 0.0502. The highest BCUT2D eigenvalue weighted by Gasteiger charge is 2.21. The molecule has 0 spiro atoms. The van der Waals surface area contributed by atoms with E-state index in [1.807, 2.05) is 11.8 Å². The summed E-state index contributed by atoms with van der Waals surface area (Å²) in [5, 5.41) is 20.7. The van der Waals surface area contributed by atoms with Crippen LogP contribution in [0.1, 0.15) is 26.3 Å². The standard InChI is InChI=1S/C12H19N3O3/c1-5-14(8-12(3,4)16)11-6-10(15(17)18)9(2)7-13-11/h6-7,16H,5,8H2,1-4H3. The zero-order chi connectivity index (χ0) is 13.9. The normalized spacial score (nSPS) is 11.4. The van der Waals surface area contributed by atoms with Crippen LogP contribution in [0, 0.1) is 17.0 Å². The maximum absolute atomic E-state index is 10.9. The zero-order valence-electron chi connectivity index (χ0n) is 11.2. The second kappa shape index (κ2) is 5.30. The Morgan fingerprint density at radius 1 is 1.56 bits per heavy atom. The van der Waals surface area contributed by atoms with Gasteiger partial charge in [0.1, 0.15) is 5.82 Å². The molecule has 0 aromatic carbocycles. The molecule has 6 heteroatoms. The van der Waals surface area contributed by atoms with Crippen molar-refractivity contribution in [2.45, 2.75) is 33.3 Å². The zero-order valence-corrected chi connectivity index (χ0v) is 11.2. The monoisotopic (exact) mass is 253 g/mol. The lowest BCUT2D eigenvalue weighted by Crippen LogP contribution is -2.39. The van der Waals surface area contributed by atoms with Gasteiger partial charge in [-0.2, -0.15) is 0 Å². The molecule has 6 nitrogen and oxygen atoms in total. The Kier molecular flexibility index (Phi) is 4.24. The number of likely N-dealkylation sites (N-methyl/N-ethyl adjacent to an activating group) is 1. The molecule has 1 aromatic heterocycles. The molecule has 0 saturated carbocycles. The number of aliphatic hydroxyl groups is 1. The summed E-state index contributed by atoms with van der Waals surface area (Å²) < 4.78 is 0. The van der Waals surface area contributed by atoms with Gasteiger partial charge in [-0.15, -0.1) is 0 Å². The fourth-order valence-electron chi connectivity index (χ4n) is 1.69. The molecule has 0 aliphatic rings. The highest BCUT2D eigenvalue weighted by Crippen LogP contribution is 2.23. The van der Waals surface area contributed by atoms with Gasteiger partial charge < -0.3 is 10.0 Å². The van der Waals surface area contributed by atoms with Crippen LogP contribution in [0.4, 0.5) is 11.5 Å². The van der Waals surface area contributed by atoms with E-state index in [9.17, 15) is 15.2 Å². The quantitative estimate of drug-likeness (QED) is 0.640. The third kappa shape index (κ3) is 3.66. The first-order chi connectivity index (χ1) is 8.24. The van der Waals surface area contributed by atoms with Crippen LogP contribution in [0.5, 0.6) is 0 Å². The number of aromatic nitrogens is 1. The smallest absolute Gasteiger partial charge is 0.277 e. The molecular formula is C12H19N3O3. The van der Waals surface area contributed by atoms with Crippen LogP contribution in [0.3, 0.4) is 0 Å². The Bertz CT molecular complexity index is 441. The van der Waals surface area contributed by atoms with Crippen molar-refractivity contribution >= 4 is 11.5 Å². The Morgan fingerprint density at radius 2 is 2.17 bits per heavy atom. The summed E-state index contributed by atoms with van der Waals surface area (Å²) in [4.78, 5) is 16.5. The largest absolute Gasteiger partial charge is 0.389 e. The molecule has 1 rings (SSSR count). The van der Waals surface area contributed by atoms with Crippen molar-refractivity contribution in [1.82, 2.24) is 4.98 Å². The number of pyridine rings is 1. The van der Waals surface area contributed by atoms with E-state index in [0.717, 1.165) is 0 Å². The molecule has 0 amide bonds. The van der Waals surface area contributed by atoms with Gasteiger partial charge in [0.25, 0.3) is 5.69 Å². The first-order valence-electron chi connectivity index (χ1n) is 5.83. The Hall–Kier alpha value is -1.69. The van der Waals surface area contributed by atoms with E-state index in [4.69, 9.17) is 0 Å². The first-order valence-corrected chi connectivity index (χ1v) is 5.83. The van der Waals surface area contributed by atoms with Gasteiger partial charge >= 0.3 is 0 Å². The summed E-state index contributed by atoms with van der Waals surface area (Å²) in [5.41, 5.74) is -0.297. The van der Waals surface area contributed by atoms with Gasteiger partial charge in [-0.3, -0.25) is 10.1 Å². The molecular weight excluding hydrogens is 234 g/mol. The van der Waals surface area contributed by atoms with Crippen LogP contribution >= 0.6 is 0 Å². The lowest BCUT2D eigenvalue weighted by Gasteiger charge is -2.28. The molecule has 0 saturated heterocycles. The van der Waals surface area contributed by atoms with Crippen molar-refractivity contribution in [3.63, 3.8) is 0 Å². The fourth-order valence-corrected chi connectivity index (χ4v) is 1.69. The van der Waals surface area contributed by atoms with E-state index >= 15 is 0 Å². The van der Waals surface area contributed by atoms with Crippen LogP contribution in [0.2, 0.25) is 0 Å². The summed E-state index contributed by atoms with van der Waals surface area (Å²) in [6.45, 7) is 7.95. The number of rotatable bonds is 5. The molecule has 100 valence electrons. The predicted molar refractivity (Wildman–Crippen MR) is 69.8 cm³/mol. The van der Waals surface area contributed by atoms with Gasteiger partial charge in [-0.05, 0) is 27.7 Å². The molecule has 1 N–H and O–H groups in total.